The number of halogens is 1. The van der Waals surface area contributed by atoms with Crippen molar-refractivity contribution >= 4 is 47.4 Å². The lowest BCUT2D eigenvalue weighted by atomic mass is 10.0. The zero-order valence-electron chi connectivity index (χ0n) is 23.5. The molecular formula is C30H37ClN6O5. The zero-order valence-corrected chi connectivity index (χ0v) is 24.4. The lowest BCUT2D eigenvalue weighted by Crippen LogP contribution is -2.54. The summed E-state index contributed by atoms with van der Waals surface area (Å²) >= 11 is 0. The zero-order chi connectivity index (χ0) is 28.3. The van der Waals surface area contributed by atoms with E-state index >= 15 is 0 Å². The summed E-state index contributed by atoms with van der Waals surface area (Å²) in [7, 11) is 0. The molecule has 42 heavy (non-hydrogen) atoms. The summed E-state index contributed by atoms with van der Waals surface area (Å²) in [6, 6.07) is 12.7. The van der Waals surface area contributed by atoms with Crippen molar-refractivity contribution in [3.63, 3.8) is 0 Å². The Morgan fingerprint density at radius 2 is 1.45 bits per heavy atom. The van der Waals surface area contributed by atoms with Gasteiger partial charge in [0.1, 0.15) is 11.8 Å². The minimum absolute atomic E-state index is 0. The van der Waals surface area contributed by atoms with Gasteiger partial charge in [0.2, 0.25) is 11.8 Å². The lowest BCUT2D eigenvalue weighted by molar-refractivity contribution is -0.136. The molecule has 2 N–H and O–H groups in total. The molecule has 0 aliphatic carbocycles. The predicted octanol–water partition coefficient (Wildman–Crippen LogP) is 1.51. The number of rotatable bonds is 8. The van der Waals surface area contributed by atoms with Crippen LogP contribution < -0.4 is 25.2 Å². The van der Waals surface area contributed by atoms with Crippen LogP contribution >= 0.6 is 12.4 Å². The summed E-state index contributed by atoms with van der Waals surface area (Å²) in [4.78, 5) is 58.0. The number of carbonyl (C=O) groups excluding carboxylic acids is 4. The maximum absolute atomic E-state index is 13.2. The highest BCUT2D eigenvalue weighted by molar-refractivity contribution is 6.23. The first-order valence-corrected chi connectivity index (χ1v) is 14.5. The molecule has 1 atom stereocenters. The minimum Gasteiger partial charge on any atom is -0.494 e. The Labute approximate surface area is 251 Å². The quantitative estimate of drug-likeness (QED) is 0.346. The van der Waals surface area contributed by atoms with E-state index < -0.39 is 23.8 Å². The Bertz CT molecular complexity index is 1320. The number of nitrogens with one attached hydrogen (secondary N) is 2. The Morgan fingerprint density at radius 3 is 2.17 bits per heavy atom. The highest BCUT2D eigenvalue weighted by atomic mass is 35.5. The highest BCUT2D eigenvalue weighted by Gasteiger charge is 2.44. The molecule has 11 nitrogen and oxygen atoms in total. The molecule has 4 aliphatic rings. The number of amides is 4. The Kier molecular flexibility index (Phi) is 9.30. The van der Waals surface area contributed by atoms with Crippen LogP contribution in [0, 0.1) is 0 Å². The van der Waals surface area contributed by atoms with Crippen LogP contribution in [0.25, 0.3) is 0 Å². The van der Waals surface area contributed by atoms with Crippen LogP contribution in [0.4, 0.5) is 11.4 Å². The van der Waals surface area contributed by atoms with Crippen LogP contribution in [-0.2, 0) is 9.59 Å². The molecule has 4 amide bonds. The first kappa shape index (κ1) is 29.8. The van der Waals surface area contributed by atoms with Gasteiger partial charge in [0.25, 0.3) is 11.8 Å². The number of nitrogens with zero attached hydrogens (tertiary/aromatic N) is 4. The van der Waals surface area contributed by atoms with Crippen LogP contribution in [0.2, 0.25) is 0 Å². The molecule has 0 radical (unpaired) electrons. The normalized spacial score (nSPS) is 21.2. The monoisotopic (exact) mass is 596 g/mol. The first-order chi connectivity index (χ1) is 20.0. The van der Waals surface area contributed by atoms with E-state index in [2.05, 4.69) is 49.6 Å². The number of benzene rings is 2. The van der Waals surface area contributed by atoms with Crippen molar-refractivity contribution in [2.75, 3.05) is 75.3 Å². The van der Waals surface area contributed by atoms with Gasteiger partial charge in [-0.05, 0) is 55.3 Å². The van der Waals surface area contributed by atoms with Crippen LogP contribution in [0.1, 0.15) is 40.0 Å². The first-order valence-electron chi connectivity index (χ1n) is 14.5. The van der Waals surface area contributed by atoms with E-state index in [1.165, 1.54) is 5.69 Å². The van der Waals surface area contributed by atoms with Crippen molar-refractivity contribution in [1.82, 2.24) is 20.4 Å². The van der Waals surface area contributed by atoms with Gasteiger partial charge in [0, 0.05) is 76.7 Å². The number of fused-ring (bicyclic) bond motifs is 1. The van der Waals surface area contributed by atoms with Gasteiger partial charge in [-0.15, -0.1) is 12.4 Å². The molecule has 3 fully saturated rings. The molecule has 2 aromatic rings. The third-order valence-corrected chi connectivity index (χ3v) is 8.37. The van der Waals surface area contributed by atoms with Gasteiger partial charge < -0.3 is 19.9 Å². The molecule has 3 saturated heterocycles. The van der Waals surface area contributed by atoms with E-state index in [0.29, 0.717) is 17.7 Å². The Hall–Kier alpha value is -3.67. The van der Waals surface area contributed by atoms with E-state index in [1.807, 2.05) is 6.07 Å². The molecule has 0 bridgehead atoms. The summed E-state index contributed by atoms with van der Waals surface area (Å²) < 4.78 is 5.98. The third-order valence-electron chi connectivity index (χ3n) is 8.37. The topological polar surface area (TPSA) is 115 Å². The fourth-order valence-corrected chi connectivity index (χ4v) is 6.04. The standard InChI is InChI=1S/C30H36N6O5.ClH/c37-27-9-8-26(28(38)32-27)36-29(39)24-7-4-22(20-25(24)30(36)40)35-17-15-33(16-18-35)12-1-19-41-23-5-2-21(3-6-23)34-13-10-31-11-14-34;/h2-7,20,26,31H,1,8-19H2,(H,32,37,38);1H. The second kappa shape index (κ2) is 13.1. The van der Waals surface area contributed by atoms with E-state index in [9.17, 15) is 19.2 Å². The van der Waals surface area contributed by atoms with Crippen LogP contribution in [0.3, 0.4) is 0 Å². The van der Waals surface area contributed by atoms with Crippen molar-refractivity contribution in [2.45, 2.75) is 25.3 Å². The Balaban J connectivity index is 0.00000353. The van der Waals surface area contributed by atoms with Crippen molar-refractivity contribution in [3.05, 3.63) is 53.6 Å². The predicted molar refractivity (Wildman–Crippen MR) is 161 cm³/mol. The van der Waals surface area contributed by atoms with Crippen LogP contribution in [0.15, 0.2) is 42.5 Å². The SMILES string of the molecule is Cl.O=C1CCC(N2C(=O)c3ccc(N4CCN(CCCOc5ccc(N6CCNCC6)cc5)CC4)cc3C2=O)C(=O)N1. The lowest BCUT2D eigenvalue weighted by Gasteiger charge is -2.36. The number of hydrogen-bond donors (Lipinski definition) is 2. The number of piperidine rings is 1. The third kappa shape index (κ3) is 6.23. The van der Waals surface area contributed by atoms with Gasteiger partial charge in [-0.1, -0.05) is 0 Å². The summed E-state index contributed by atoms with van der Waals surface area (Å²) in [5.41, 5.74) is 2.75. The fourth-order valence-electron chi connectivity index (χ4n) is 6.04. The maximum atomic E-state index is 13.2. The summed E-state index contributed by atoms with van der Waals surface area (Å²) in [6.07, 6.45) is 1.19. The summed E-state index contributed by atoms with van der Waals surface area (Å²) in [5, 5.41) is 5.61. The largest absolute Gasteiger partial charge is 0.494 e. The van der Waals surface area contributed by atoms with Gasteiger partial charge in [-0.25, -0.2) is 0 Å². The number of imide groups is 2. The molecule has 2 aromatic carbocycles. The van der Waals surface area contributed by atoms with Gasteiger partial charge in [0.05, 0.1) is 17.7 Å². The molecular weight excluding hydrogens is 560 g/mol. The highest BCUT2D eigenvalue weighted by Crippen LogP contribution is 2.31. The molecule has 6 rings (SSSR count). The van der Waals surface area contributed by atoms with Crippen LogP contribution in [0.5, 0.6) is 5.75 Å². The van der Waals surface area contributed by atoms with Crippen molar-refractivity contribution in [1.29, 1.82) is 0 Å². The minimum atomic E-state index is -0.951. The van der Waals surface area contributed by atoms with E-state index in [4.69, 9.17) is 4.74 Å². The second-order valence-corrected chi connectivity index (χ2v) is 10.9. The van der Waals surface area contributed by atoms with Crippen molar-refractivity contribution in [3.8, 4) is 5.75 Å². The van der Waals surface area contributed by atoms with E-state index in [-0.39, 0.29) is 31.2 Å². The molecule has 4 heterocycles. The maximum Gasteiger partial charge on any atom is 0.262 e. The summed E-state index contributed by atoms with van der Waals surface area (Å²) in [5.74, 6) is -1.03. The number of ether oxygens (including phenoxy) is 1. The fraction of sp³-hybridized carbons (Fsp3) is 0.467. The molecule has 4 aliphatic heterocycles. The molecule has 12 heteroatoms. The van der Waals surface area contributed by atoms with E-state index in [1.54, 1.807) is 12.1 Å². The number of carbonyl (C=O) groups is 4. The van der Waals surface area contributed by atoms with Gasteiger partial charge in [-0.2, -0.15) is 0 Å². The number of piperazine rings is 2. The second-order valence-electron chi connectivity index (χ2n) is 10.9. The van der Waals surface area contributed by atoms with Gasteiger partial charge in [0.15, 0.2) is 0 Å². The number of hydrogen-bond acceptors (Lipinski definition) is 9. The van der Waals surface area contributed by atoms with E-state index in [0.717, 1.165) is 81.7 Å². The molecule has 1 unspecified atom stereocenters. The van der Waals surface area contributed by atoms with Gasteiger partial charge >= 0.3 is 0 Å². The number of anilines is 2. The average Bonchev–Trinajstić information content (AvgIpc) is 3.25. The average molecular weight is 597 g/mol. The molecule has 0 aromatic heterocycles. The van der Waals surface area contributed by atoms with Crippen molar-refractivity contribution < 1.29 is 23.9 Å². The molecule has 0 spiro atoms. The smallest absolute Gasteiger partial charge is 0.262 e. The van der Waals surface area contributed by atoms with Crippen molar-refractivity contribution in [2.24, 2.45) is 0 Å². The molecule has 0 saturated carbocycles. The molecule has 224 valence electrons. The Morgan fingerprint density at radius 1 is 0.786 bits per heavy atom. The van der Waals surface area contributed by atoms with Gasteiger partial charge in [-0.3, -0.25) is 34.3 Å². The summed E-state index contributed by atoms with van der Waals surface area (Å²) in [6.45, 7) is 9.12. The van der Waals surface area contributed by atoms with Crippen LogP contribution in [-0.4, -0.2) is 105 Å².